The summed E-state index contributed by atoms with van der Waals surface area (Å²) in [6.07, 6.45) is 2.76. The molecule has 0 atom stereocenters. The number of benzene rings is 2. The topological polar surface area (TPSA) is 70.7 Å². The Labute approximate surface area is 152 Å². The lowest BCUT2D eigenvalue weighted by atomic mass is 10.0. The van der Waals surface area contributed by atoms with E-state index in [1.807, 2.05) is 38.1 Å². The van der Waals surface area contributed by atoms with Crippen molar-refractivity contribution in [3.8, 4) is 11.4 Å². The molecule has 0 radical (unpaired) electrons. The van der Waals surface area contributed by atoms with Gasteiger partial charge in [0.25, 0.3) is 0 Å². The van der Waals surface area contributed by atoms with Gasteiger partial charge in [-0.2, -0.15) is 5.10 Å². The standard InChI is InChI=1S/C21H22N4O/c1-13-3-4-14(2)17(11-13)12-19(26)22-18-9-7-16(8-10-18)21-23-20(24-25-21)15-5-6-15/h3-4,7-11,15H,5-6,12H2,1-2H3,(H,22,26)(H,23,24,25). The predicted octanol–water partition coefficient (Wildman–Crippen LogP) is 4.15. The summed E-state index contributed by atoms with van der Waals surface area (Å²) >= 11 is 0. The minimum Gasteiger partial charge on any atom is -0.326 e. The van der Waals surface area contributed by atoms with Crippen molar-refractivity contribution in [1.29, 1.82) is 0 Å². The van der Waals surface area contributed by atoms with Crippen molar-refractivity contribution < 1.29 is 4.79 Å². The van der Waals surface area contributed by atoms with Crippen LogP contribution < -0.4 is 5.32 Å². The van der Waals surface area contributed by atoms with Gasteiger partial charge in [0.2, 0.25) is 5.91 Å². The van der Waals surface area contributed by atoms with Gasteiger partial charge in [-0.1, -0.05) is 23.8 Å². The zero-order valence-corrected chi connectivity index (χ0v) is 15.0. The average Bonchev–Trinajstić information content (AvgIpc) is 3.36. The third kappa shape index (κ3) is 3.67. The molecule has 26 heavy (non-hydrogen) atoms. The SMILES string of the molecule is Cc1ccc(C)c(CC(=O)Nc2ccc(-c3n[nH]c(C4CC4)n3)cc2)c1. The number of aromatic amines is 1. The van der Waals surface area contributed by atoms with Crippen LogP contribution in [0.1, 0.15) is 41.3 Å². The summed E-state index contributed by atoms with van der Waals surface area (Å²) in [7, 11) is 0. The summed E-state index contributed by atoms with van der Waals surface area (Å²) in [4.78, 5) is 16.9. The van der Waals surface area contributed by atoms with Gasteiger partial charge in [0.1, 0.15) is 5.82 Å². The van der Waals surface area contributed by atoms with Crippen LogP contribution >= 0.6 is 0 Å². The lowest BCUT2D eigenvalue weighted by molar-refractivity contribution is -0.115. The Kier molecular flexibility index (Phi) is 4.29. The number of carbonyl (C=O) groups is 1. The van der Waals surface area contributed by atoms with Gasteiger partial charge in [0.05, 0.1) is 6.42 Å². The van der Waals surface area contributed by atoms with E-state index < -0.39 is 0 Å². The maximum atomic E-state index is 12.3. The summed E-state index contributed by atoms with van der Waals surface area (Å²) in [5.74, 6) is 2.23. The Bertz CT molecular complexity index is 939. The highest BCUT2D eigenvalue weighted by Crippen LogP contribution is 2.38. The van der Waals surface area contributed by atoms with E-state index in [0.717, 1.165) is 28.2 Å². The molecule has 1 aliphatic rings. The van der Waals surface area contributed by atoms with Gasteiger partial charge in [0, 0.05) is 17.2 Å². The third-order valence-electron chi connectivity index (χ3n) is 4.75. The summed E-state index contributed by atoms with van der Waals surface area (Å²) < 4.78 is 0. The van der Waals surface area contributed by atoms with Gasteiger partial charge in [-0.15, -0.1) is 0 Å². The van der Waals surface area contributed by atoms with Crippen LogP contribution in [-0.4, -0.2) is 21.1 Å². The fraction of sp³-hybridized carbons (Fsp3) is 0.286. The molecule has 0 saturated heterocycles. The molecule has 0 aliphatic heterocycles. The minimum absolute atomic E-state index is 0.0136. The largest absolute Gasteiger partial charge is 0.326 e. The first-order valence-corrected chi connectivity index (χ1v) is 8.97. The van der Waals surface area contributed by atoms with Gasteiger partial charge in [-0.3, -0.25) is 9.89 Å². The summed E-state index contributed by atoms with van der Waals surface area (Å²) in [6, 6.07) is 13.8. The number of nitrogens with zero attached hydrogens (tertiary/aromatic N) is 2. The molecule has 1 aliphatic carbocycles. The maximum Gasteiger partial charge on any atom is 0.228 e. The molecule has 0 unspecified atom stereocenters. The number of aromatic nitrogens is 3. The van der Waals surface area contributed by atoms with Crippen LogP contribution in [-0.2, 0) is 11.2 Å². The van der Waals surface area contributed by atoms with Crippen molar-refractivity contribution in [3.05, 3.63) is 65.0 Å². The molecule has 0 bridgehead atoms. The van der Waals surface area contributed by atoms with Crippen LogP contribution in [0.15, 0.2) is 42.5 Å². The van der Waals surface area contributed by atoms with Crippen LogP contribution in [0, 0.1) is 13.8 Å². The Hall–Kier alpha value is -2.95. The highest BCUT2D eigenvalue weighted by Gasteiger charge is 2.27. The average molecular weight is 346 g/mol. The number of H-pyrrole nitrogens is 1. The van der Waals surface area contributed by atoms with Gasteiger partial charge in [0.15, 0.2) is 5.82 Å². The second-order valence-electron chi connectivity index (χ2n) is 7.05. The molecule has 5 nitrogen and oxygen atoms in total. The Morgan fingerprint density at radius 3 is 2.65 bits per heavy atom. The summed E-state index contributed by atoms with van der Waals surface area (Å²) in [5, 5.41) is 10.3. The lowest BCUT2D eigenvalue weighted by Crippen LogP contribution is -2.15. The summed E-state index contributed by atoms with van der Waals surface area (Å²) in [6.45, 7) is 4.07. The molecule has 1 amide bonds. The van der Waals surface area contributed by atoms with Crippen LogP contribution in [0.3, 0.4) is 0 Å². The first kappa shape index (κ1) is 16.5. The van der Waals surface area contributed by atoms with E-state index in [-0.39, 0.29) is 5.91 Å². The number of hydrogen-bond acceptors (Lipinski definition) is 3. The molecule has 1 heterocycles. The smallest absolute Gasteiger partial charge is 0.228 e. The predicted molar refractivity (Wildman–Crippen MR) is 102 cm³/mol. The Balaban J connectivity index is 1.41. The van der Waals surface area contributed by atoms with E-state index in [4.69, 9.17) is 0 Å². The molecule has 4 rings (SSSR count). The number of anilines is 1. The molecule has 1 aromatic heterocycles. The van der Waals surface area contributed by atoms with Gasteiger partial charge in [-0.05, 0) is 62.1 Å². The van der Waals surface area contributed by atoms with Crippen molar-refractivity contribution in [2.75, 3.05) is 5.32 Å². The van der Waals surface area contributed by atoms with Gasteiger partial charge < -0.3 is 5.32 Å². The first-order valence-electron chi connectivity index (χ1n) is 8.97. The third-order valence-corrected chi connectivity index (χ3v) is 4.75. The van der Waals surface area contributed by atoms with E-state index in [2.05, 4.69) is 38.7 Å². The number of aryl methyl sites for hydroxylation is 2. The fourth-order valence-corrected chi connectivity index (χ4v) is 3.01. The van der Waals surface area contributed by atoms with Crippen molar-refractivity contribution in [1.82, 2.24) is 15.2 Å². The number of carbonyl (C=O) groups excluding carboxylic acids is 1. The monoisotopic (exact) mass is 346 g/mol. The van der Waals surface area contributed by atoms with Crippen LogP contribution in [0.5, 0.6) is 0 Å². The highest BCUT2D eigenvalue weighted by atomic mass is 16.1. The van der Waals surface area contributed by atoms with E-state index >= 15 is 0 Å². The van der Waals surface area contributed by atoms with Crippen molar-refractivity contribution >= 4 is 11.6 Å². The molecule has 0 spiro atoms. The fourth-order valence-electron chi connectivity index (χ4n) is 3.01. The molecular formula is C21H22N4O. The first-order chi connectivity index (χ1) is 12.6. The highest BCUT2D eigenvalue weighted by molar-refractivity contribution is 5.92. The molecule has 2 N–H and O–H groups in total. The molecule has 1 fully saturated rings. The maximum absolute atomic E-state index is 12.3. The van der Waals surface area contributed by atoms with Crippen molar-refractivity contribution in [2.24, 2.45) is 0 Å². The lowest BCUT2D eigenvalue weighted by Gasteiger charge is -2.09. The number of amides is 1. The van der Waals surface area contributed by atoms with E-state index in [0.29, 0.717) is 18.2 Å². The van der Waals surface area contributed by atoms with Gasteiger partial charge >= 0.3 is 0 Å². The van der Waals surface area contributed by atoms with E-state index in [1.165, 1.54) is 18.4 Å². The number of hydrogen-bond donors (Lipinski definition) is 2. The molecule has 3 aromatic rings. The van der Waals surface area contributed by atoms with E-state index in [9.17, 15) is 4.79 Å². The normalized spacial score (nSPS) is 13.6. The zero-order chi connectivity index (χ0) is 18.1. The molecule has 5 heteroatoms. The van der Waals surface area contributed by atoms with E-state index in [1.54, 1.807) is 0 Å². The van der Waals surface area contributed by atoms with Crippen LogP contribution in [0.2, 0.25) is 0 Å². The summed E-state index contributed by atoms with van der Waals surface area (Å²) in [5.41, 5.74) is 5.09. The second-order valence-corrected chi connectivity index (χ2v) is 7.05. The number of nitrogens with one attached hydrogen (secondary N) is 2. The quantitative estimate of drug-likeness (QED) is 0.729. The van der Waals surface area contributed by atoms with Gasteiger partial charge in [-0.25, -0.2) is 4.98 Å². The van der Waals surface area contributed by atoms with Crippen LogP contribution in [0.4, 0.5) is 5.69 Å². The minimum atomic E-state index is -0.0136. The molecular weight excluding hydrogens is 324 g/mol. The molecule has 132 valence electrons. The molecule has 1 saturated carbocycles. The second kappa shape index (κ2) is 6.75. The zero-order valence-electron chi connectivity index (χ0n) is 15.0. The van der Waals surface area contributed by atoms with Crippen LogP contribution in [0.25, 0.3) is 11.4 Å². The Morgan fingerprint density at radius 1 is 1.15 bits per heavy atom. The number of rotatable bonds is 5. The van der Waals surface area contributed by atoms with Crippen molar-refractivity contribution in [3.63, 3.8) is 0 Å². The molecule has 2 aromatic carbocycles. The van der Waals surface area contributed by atoms with Crippen molar-refractivity contribution in [2.45, 2.75) is 39.0 Å². The Morgan fingerprint density at radius 2 is 1.92 bits per heavy atom.